The molecule has 0 fully saturated rings. The van der Waals surface area contributed by atoms with Crippen LogP contribution in [-0.2, 0) is 0 Å². The predicted octanol–water partition coefficient (Wildman–Crippen LogP) is 12.4. The molecule has 0 aliphatic heterocycles. The van der Waals surface area contributed by atoms with E-state index in [1.807, 2.05) is 33.8 Å². The lowest BCUT2D eigenvalue weighted by atomic mass is 10.1. The van der Waals surface area contributed by atoms with Crippen LogP contribution in [0.3, 0.4) is 0 Å². The highest BCUT2D eigenvalue weighted by molar-refractivity contribution is 5.84. The van der Waals surface area contributed by atoms with Gasteiger partial charge in [-0.05, 0) is 77.5 Å². The SMILES string of the molecule is CC.CC(C)c1nn(C(C)C)c2c(F)cccc12.CC(C)c1nn(C(C)C)c2ccccc12.CC(C)c1nn(C(C)C)c2ccccc12. The van der Waals surface area contributed by atoms with Crippen molar-refractivity contribution in [1.29, 1.82) is 0 Å². The van der Waals surface area contributed by atoms with E-state index in [1.54, 1.807) is 10.7 Å². The van der Waals surface area contributed by atoms with Gasteiger partial charge in [0.25, 0.3) is 0 Å². The van der Waals surface area contributed by atoms with E-state index in [-0.39, 0.29) is 11.9 Å². The molecule has 3 heterocycles. The third-order valence-electron chi connectivity index (χ3n) is 8.10. The van der Waals surface area contributed by atoms with Crippen molar-refractivity contribution < 1.29 is 4.39 Å². The van der Waals surface area contributed by atoms with Crippen molar-refractivity contribution in [3.63, 3.8) is 0 Å². The lowest BCUT2D eigenvalue weighted by Gasteiger charge is -2.07. The van der Waals surface area contributed by atoms with E-state index in [2.05, 4.69) is 132 Å². The molecule has 3 aromatic heterocycles. The maximum absolute atomic E-state index is 13.8. The highest BCUT2D eigenvalue weighted by Gasteiger charge is 2.18. The van der Waals surface area contributed by atoms with Gasteiger partial charge < -0.3 is 0 Å². The number of para-hydroxylation sites is 3. The first kappa shape index (κ1) is 38.4. The number of hydrogen-bond acceptors (Lipinski definition) is 3. The topological polar surface area (TPSA) is 53.5 Å². The zero-order valence-electron chi connectivity index (χ0n) is 31.9. The van der Waals surface area contributed by atoms with Gasteiger partial charge >= 0.3 is 0 Å². The quantitative estimate of drug-likeness (QED) is 0.180. The molecule has 0 amide bonds. The minimum Gasteiger partial charge on any atom is -0.262 e. The van der Waals surface area contributed by atoms with E-state index in [9.17, 15) is 4.39 Å². The maximum Gasteiger partial charge on any atom is 0.149 e. The third-order valence-corrected chi connectivity index (χ3v) is 8.10. The van der Waals surface area contributed by atoms with Gasteiger partial charge in [0.1, 0.15) is 11.3 Å². The van der Waals surface area contributed by atoms with E-state index in [4.69, 9.17) is 10.2 Å². The standard InChI is InChI=1S/C13H17FN2.2C13H18N2.C2H6/c1-8(2)12-10-6-5-7-11(14)13(10)16(15-12)9(3)4;2*1-9(2)13-11-7-5-6-8-12(11)15(14-13)10(3)4;1-2/h5-9H,1-4H3;2*5-10H,1-4H3;1-2H3. The first-order valence-corrected chi connectivity index (χ1v) is 17.8. The number of fused-ring (bicyclic) bond motifs is 3. The van der Waals surface area contributed by atoms with Crippen molar-refractivity contribution in [1.82, 2.24) is 29.3 Å². The summed E-state index contributed by atoms with van der Waals surface area (Å²) in [5, 5.41) is 17.5. The molecule has 6 nitrogen and oxygen atoms in total. The summed E-state index contributed by atoms with van der Waals surface area (Å²) < 4.78 is 19.8. The lowest BCUT2D eigenvalue weighted by Crippen LogP contribution is -2.04. The molecule has 0 aliphatic carbocycles. The van der Waals surface area contributed by atoms with Gasteiger partial charge in [0.15, 0.2) is 0 Å². The Morgan fingerprint density at radius 2 is 0.771 bits per heavy atom. The van der Waals surface area contributed by atoms with Gasteiger partial charge in [-0.25, -0.2) is 4.39 Å². The van der Waals surface area contributed by atoms with Crippen molar-refractivity contribution in [3.8, 4) is 0 Å². The molecular weight excluding hydrogens is 595 g/mol. The average Bonchev–Trinajstić information content (AvgIpc) is 3.75. The summed E-state index contributed by atoms with van der Waals surface area (Å²) >= 11 is 0. The number of benzene rings is 3. The van der Waals surface area contributed by atoms with Crippen molar-refractivity contribution in [2.24, 2.45) is 0 Å². The van der Waals surface area contributed by atoms with Gasteiger partial charge in [-0.1, -0.05) is 104 Å². The lowest BCUT2D eigenvalue weighted by molar-refractivity contribution is 0.526. The molecule has 7 heteroatoms. The molecule has 0 radical (unpaired) electrons. The van der Waals surface area contributed by atoms with Crippen LogP contribution in [0, 0.1) is 5.82 Å². The van der Waals surface area contributed by atoms with Gasteiger partial charge in [-0.3, -0.25) is 14.0 Å². The Morgan fingerprint density at radius 3 is 1.15 bits per heavy atom. The van der Waals surface area contributed by atoms with E-state index < -0.39 is 0 Å². The molecule has 48 heavy (non-hydrogen) atoms. The predicted molar refractivity (Wildman–Crippen MR) is 204 cm³/mol. The van der Waals surface area contributed by atoms with Crippen LogP contribution in [0.4, 0.5) is 4.39 Å². The van der Waals surface area contributed by atoms with Crippen molar-refractivity contribution in [3.05, 3.63) is 89.6 Å². The Morgan fingerprint density at radius 1 is 0.438 bits per heavy atom. The molecule has 0 saturated heterocycles. The Kier molecular flexibility index (Phi) is 13.5. The molecule has 3 aromatic carbocycles. The van der Waals surface area contributed by atoms with Gasteiger partial charge in [0, 0.05) is 34.3 Å². The second-order valence-corrected chi connectivity index (χ2v) is 13.9. The smallest absolute Gasteiger partial charge is 0.149 e. The molecule has 6 rings (SSSR count). The van der Waals surface area contributed by atoms with Gasteiger partial charge in [0.05, 0.1) is 28.1 Å². The molecule has 0 N–H and O–H groups in total. The van der Waals surface area contributed by atoms with Gasteiger partial charge in [-0.15, -0.1) is 0 Å². The van der Waals surface area contributed by atoms with Crippen LogP contribution in [-0.4, -0.2) is 29.3 Å². The van der Waals surface area contributed by atoms with Crippen LogP contribution >= 0.6 is 0 Å². The largest absolute Gasteiger partial charge is 0.262 e. The molecular formula is C41H59FN6. The normalized spacial score (nSPS) is 11.5. The molecule has 0 aliphatic rings. The molecule has 0 saturated carbocycles. The molecule has 0 bridgehead atoms. The van der Waals surface area contributed by atoms with E-state index >= 15 is 0 Å². The second kappa shape index (κ2) is 16.9. The van der Waals surface area contributed by atoms with E-state index in [1.165, 1.54) is 39.3 Å². The van der Waals surface area contributed by atoms with Crippen molar-refractivity contribution in [2.75, 3.05) is 0 Å². The van der Waals surface area contributed by atoms with E-state index in [0.717, 1.165) is 11.1 Å². The molecule has 260 valence electrons. The van der Waals surface area contributed by atoms with E-state index in [0.29, 0.717) is 35.4 Å². The van der Waals surface area contributed by atoms with Gasteiger partial charge in [0.2, 0.25) is 0 Å². The fraction of sp³-hybridized carbons (Fsp3) is 0.488. The number of aromatic nitrogens is 6. The first-order chi connectivity index (χ1) is 22.7. The molecule has 0 atom stereocenters. The summed E-state index contributed by atoms with van der Waals surface area (Å²) in [6.07, 6.45) is 0. The zero-order valence-corrected chi connectivity index (χ0v) is 31.9. The summed E-state index contributed by atoms with van der Waals surface area (Å²) in [7, 11) is 0. The Labute approximate surface area is 288 Å². The maximum atomic E-state index is 13.8. The first-order valence-electron chi connectivity index (χ1n) is 17.8. The van der Waals surface area contributed by atoms with Crippen molar-refractivity contribution >= 4 is 32.7 Å². The van der Waals surface area contributed by atoms with Crippen LogP contribution in [0.15, 0.2) is 66.7 Å². The number of rotatable bonds is 6. The Bertz CT molecular complexity index is 1710. The van der Waals surface area contributed by atoms with Crippen LogP contribution in [0.2, 0.25) is 0 Å². The van der Waals surface area contributed by atoms with Gasteiger partial charge in [-0.2, -0.15) is 15.3 Å². The van der Waals surface area contributed by atoms with Crippen molar-refractivity contribution in [2.45, 2.75) is 133 Å². The summed E-state index contributed by atoms with van der Waals surface area (Å²) in [5.74, 6) is 1.08. The Hall–Kier alpha value is -4.00. The second-order valence-electron chi connectivity index (χ2n) is 13.9. The number of halogens is 1. The van der Waals surface area contributed by atoms with Crippen LogP contribution in [0.1, 0.15) is 150 Å². The summed E-state index contributed by atoms with van der Waals surface area (Å²) in [6, 6.07) is 23.1. The highest BCUT2D eigenvalue weighted by Crippen LogP contribution is 2.29. The number of nitrogens with zero attached hydrogens (tertiary/aromatic N) is 6. The fourth-order valence-corrected chi connectivity index (χ4v) is 5.84. The monoisotopic (exact) mass is 654 g/mol. The third kappa shape index (κ3) is 8.34. The van der Waals surface area contributed by atoms with Crippen LogP contribution in [0.25, 0.3) is 32.7 Å². The summed E-state index contributed by atoms with van der Waals surface area (Å²) in [4.78, 5) is 0. The fourth-order valence-electron chi connectivity index (χ4n) is 5.84. The van der Waals surface area contributed by atoms with Crippen LogP contribution < -0.4 is 0 Å². The highest BCUT2D eigenvalue weighted by atomic mass is 19.1. The minimum atomic E-state index is -0.189. The summed E-state index contributed by atoms with van der Waals surface area (Å²) in [6.45, 7) is 29.7. The average molecular weight is 655 g/mol. The summed E-state index contributed by atoms with van der Waals surface area (Å²) in [5.41, 5.74) is 6.51. The Balaban J connectivity index is 0.000000190. The molecule has 0 spiro atoms. The molecule has 0 unspecified atom stereocenters. The number of hydrogen-bond donors (Lipinski definition) is 0. The minimum absolute atomic E-state index is 0.173. The van der Waals surface area contributed by atoms with Crippen LogP contribution in [0.5, 0.6) is 0 Å². The zero-order chi connectivity index (χ0) is 35.9. The molecule has 6 aromatic rings.